The quantitative estimate of drug-likeness (QED) is 0.219. The predicted molar refractivity (Wildman–Crippen MR) is 133 cm³/mol. The van der Waals surface area contributed by atoms with Crippen molar-refractivity contribution >= 4 is 21.7 Å². The summed E-state index contributed by atoms with van der Waals surface area (Å²) in [6, 6.07) is 12.7. The second-order valence-electron chi connectivity index (χ2n) is 10.9. The van der Waals surface area contributed by atoms with Crippen molar-refractivity contribution in [3.05, 3.63) is 70.8 Å². The molecule has 1 aliphatic rings. The maximum atomic E-state index is 7.70. The minimum atomic E-state index is -0.651. The second-order valence-corrected chi connectivity index (χ2v) is 10.9. The summed E-state index contributed by atoms with van der Waals surface area (Å²) in [7, 11) is 2.05. The van der Waals surface area contributed by atoms with E-state index in [2.05, 4.69) is 68.4 Å². The maximum Gasteiger partial charge on any atom is 0.287 e. The van der Waals surface area contributed by atoms with E-state index in [0.717, 1.165) is 45.6 Å². The number of hydrogen-bond donors (Lipinski definition) is 0. The third-order valence-electron chi connectivity index (χ3n) is 6.72. The molecule has 1 aromatic heterocycles. The van der Waals surface area contributed by atoms with Gasteiger partial charge in [0.05, 0.1) is 12.6 Å². The van der Waals surface area contributed by atoms with E-state index < -0.39 is 5.54 Å². The van der Waals surface area contributed by atoms with Crippen LogP contribution in [0.1, 0.15) is 51.3 Å². The van der Waals surface area contributed by atoms with Gasteiger partial charge in [0.2, 0.25) is 0 Å². The van der Waals surface area contributed by atoms with Crippen LogP contribution < -0.4 is 9.30 Å². The first-order valence-electron chi connectivity index (χ1n) is 11.5. The summed E-state index contributed by atoms with van der Waals surface area (Å²) in [6.45, 7) is 20.6. The summed E-state index contributed by atoms with van der Waals surface area (Å²) in [6.07, 6.45) is 2.78. The minimum Gasteiger partial charge on any atom is -0.455 e. The Morgan fingerprint density at radius 1 is 1.06 bits per heavy atom. The van der Waals surface area contributed by atoms with Crippen molar-refractivity contribution in [1.82, 2.24) is 4.98 Å². The molecule has 1 aliphatic heterocycles. The molecule has 0 amide bonds. The van der Waals surface area contributed by atoms with Gasteiger partial charge in [-0.3, -0.25) is 0 Å². The first-order chi connectivity index (χ1) is 15.5. The summed E-state index contributed by atoms with van der Waals surface area (Å²) in [5.41, 5.74) is 5.96. The lowest BCUT2D eigenvalue weighted by atomic mass is 9.81. The second kappa shape index (κ2) is 7.02. The molecule has 0 saturated carbocycles. The molecule has 33 heavy (non-hydrogen) atoms. The van der Waals surface area contributed by atoms with Crippen LogP contribution in [-0.2, 0) is 19.0 Å². The van der Waals surface area contributed by atoms with Crippen molar-refractivity contribution in [3.63, 3.8) is 0 Å². The summed E-state index contributed by atoms with van der Waals surface area (Å²) in [5, 5.41) is 3.52. The van der Waals surface area contributed by atoms with Gasteiger partial charge in [0.25, 0.3) is 11.9 Å². The average Bonchev–Trinajstić information content (AvgIpc) is 2.77. The van der Waals surface area contributed by atoms with Gasteiger partial charge < -0.3 is 9.58 Å². The van der Waals surface area contributed by atoms with Crippen LogP contribution in [0, 0.1) is 18.9 Å². The monoisotopic (exact) mass is 436 g/mol. The molecule has 3 aromatic carbocycles. The number of rotatable bonds is 2. The molecule has 4 nitrogen and oxygen atoms in total. The predicted octanol–water partition coefficient (Wildman–Crippen LogP) is 7.04. The number of hydrogen-bond acceptors (Lipinski definition) is 2. The first-order valence-corrected chi connectivity index (χ1v) is 11.5. The molecule has 166 valence electrons. The Morgan fingerprint density at radius 3 is 2.42 bits per heavy atom. The van der Waals surface area contributed by atoms with Gasteiger partial charge in [-0.1, -0.05) is 45.0 Å². The number of benzene rings is 3. The number of ether oxygens (including phenoxy) is 1. The topological polar surface area (TPSA) is 30.4 Å². The molecule has 0 saturated heterocycles. The summed E-state index contributed by atoms with van der Waals surface area (Å²) >= 11 is 0. The molecule has 4 heteroatoms. The first kappa shape index (κ1) is 21.4. The van der Waals surface area contributed by atoms with Gasteiger partial charge in [0.15, 0.2) is 11.2 Å². The molecular weight excluding hydrogens is 406 g/mol. The van der Waals surface area contributed by atoms with Crippen molar-refractivity contribution in [1.29, 1.82) is 0 Å². The molecule has 0 N–H and O–H groups in total. The van der Waals surface area contributed by atoms with E-state index >= 15 is 0 Å². The van der Waals surface area contributed by atoms with E-state index in [-0.39, 0.29) is 5.41 Å². The third kappa shape index (κ3) is 3.26. The fourth-order valence-corrected chi connectivity index (χ4v) is 4.99. The van der Waals surface area contributed by atoms with E-state index in [1.54, 1.807) is 0 Å². The Labute approximate surface area is 195 Å². The Bertz CT molecular complexity index is 1500. The molecule has 0 fully saturated rings. The highest BCUT2D eigenvalue weighted by Crippen LogP contribution is 2.52. The zero-order valence-corrected chi connectivity index (χ0v) is 20.5. The molecule has 0 atom stereocenters. The van der Waals surface area contributed by atoms with Gasteiger partial charge in [-0.2, -0.15) is 0 Å². The fourth-order valence-electron chi connectivity index (χ4n) is 4.99. The lowest BCUT2D eigenvalue weighted by Gasteiger charge is -2.28. The zero-order chi connectivity index (χ0) is 23.7. The smallest absolute Gasteiger partial charge is 0.287 e. The lowest BCUT2D eigenvalue weighted by molar-refractivity contribution is -0.662. The Morgan fingerprint density at radius 2 is 1.76 bits per heavy atom. The van der Waals surface area contributed by atoms with Gasteiger partial charge >= 0.3 is 0 Å². The highest BCUT2D eigenvalue weighted by atomic mass is 16.5. The van der Waals surface area contributed by atoms with Crippen LogP contribution >= 0.6 is 0 Å². The minimum absolute atomic E-state index is 0.0964. The molecule has 5 rings (SSSR count). The molecule has 0 aliphatic carbocycles. The normalized spacial score (nSPS) is 13.0. The number of aromatic nitrogens is 2. The molecule has 4 aromatic rings. The maximum absolute atomic E-state index is 7.70. The van der Waals surface area contributed by atoms with Crippen molar-refractivity contribution < 1.29 is 9.30 Å². The number of nitrogens with zero attached hydrogens (tertiary/aromatic N) is 3. The average molecular weight is 437 g/mol. The van der Waals surface area contributed by atoms with Crippen LogP contribution in [-0.4, -0.2) is 4.98 Å². The third-order valence-corrected chi connectivity index (χ3v) is 6.72. The van der Waals surface area contributed by atoms with Crippen molar-refractivity contribution in [2.24, 2.45) is 12.5 Å². The van der Waals surface area contributed by atoms with Gasteiger partial charge in [-0.15, -0.1) is 0 Å². The summed E-state index contributed by atoms with van der Waals surface area (Å²) in [5.74, 6) is 1.73. The zero-order valence-electron chi connectivity index (χ0n) is 20.5. The largest absolute Gasteiger partial charge is 0.455 e. The van der Waals surface area contributed by atoms with Crippen LogP contribution in [0.15, 0.2) is 42.7 Å². The van der Waals surface area contributed by atoms with Gasteiger partial charge in [-0.05, 0) is 46.1 Å². The highest BCUT2D eigenvalue weighted by Gasteiger charge is 2.36. The molecular formula is C29H30N3O+. The van der Waals surface area contributed by atoms with E-state index in [4.69, 9.17) is 16.3 Å². The SMILES string of the molecule is [C-]#[N+]C(C)(C)c1cc2c3c([n+](C)cnc3c1)-c1c(c(CC(C)(C)C)c3ccccc3c1C)O2. The Balaban J connectivity index is 1.94. The molecule has 0 spiro atoms. The lowest BCUT2D eigenvalue weighted by Crippen LogP contribution is -2.33. The van der Waals surface area contributed by atoms with Crippen LogP contribution in [0.5, 0.6) is 11.5 Å². The number of fused-ring (bicyclic) bond motifs is 3. The van der Waals surface area contributed by atoms with E-state index in [1.807, 2.05) is 32.3 Å². The molecule has 2 heterocycles. The van der Waals surface area contributed by atoms with E-state index in [0.29, 0.717) is 0 Å². The van der Waals surface area contributed by atoms with Gasteiger partial charge in [-0.25, -0.2) is 11.1 Å². The van der Waals surface area contributed by atoms with Gasteiger partial charge in [0.1, 0.15) is 16.9 Å². The van der Waals surface area contributed by atoms with Crippen LogP contribution in [0.2, 0.25) is 0 Å². The standard InChI is InChI=1S/C29H30N3O/c1-17-19-11-9-10-12-20(19)21(15-28(2,3)4)27-24(17)26-25-22(31-16-32(26)8)13-18(14-23(25)33-27)29(5,6)30-7/h9-14,16H,15H2,1-6,8H3/q+1. The van der Waals surface area contributed by atoms with Crippen molar-refractivity contribution in [2.75, 3.05) is 0 Å². The van der Waals surface area contributed by atoms with Crippen molar-refractivity contribution in [2.45, 2.75) is 53.5 Å². The van der Waals surface area contributed by atoms with Crippen molar-refractivity contribution in [3.8, 4) is 22.8 Å². The fraction of sp³-hybridized carbons (Fsp3) is 0.345. The number of aryl methyl sites for hydroxylation is 2. The summed E-state index contributed by atoms with van der Waals surface area (Å²) in [4.78, 5) is 8.58. The molecule has 0 radical (unpaired) electrons. The van der Waals surface area contributed by atoms with Crippen LogP contribution in [0.25, 0.3) is 37.8 Å². The highest BCUT2D eigenvalue weighted by molar-refractivity contribution is 6.05. The Kier molecular flexibility index (Phi) is 4.55. The van der Waals surface area contributed by atoms with Gasteiger partial charge in [0, 0.05) is 31.0 Å². The Hall–Kier alpha value is -3.45. The van der Waals surface area contributed by atoms with E-state index in [9.17, 15) is 0 Å². The summed E-state index contributed by atoms with van der Waals surface area (Å²) < 4.78 is 8.90. The van der Waals surface area contributed by atoms with Crippen LogP contribution in [0.4, 0.5) is 0 Å². The molecule has 0 bridgehead atoms. The molecule has 0 unspecified atom stereocenters. The van der Waals surface area contributed by atoms with E-state index in [1.165, 1.54) is 21.9 Å². The van der Waals surface area contributed by atoms with Crippen LogP contribution in [0.3, 0.4) is 0 Å².